The van der Waals surface area contributed by atoms with Crippen molar-refractivity contribution in [1.29, 1.82) is 0 Å². The summed E-state index contributed by atoms with van der Waals surface area (Å²) in [6.45, 7) is 0.913. The van der Waals surface area contributed by atoms with Gasteiger partial charge in [0.1, 0.15) is 0 Å². The summed E-state index contributed by atoms with van der Waals surface area (Å²) in [6.07, 6.45) is 0. The highest BCUT2D eigenvalue weighted by atomic mass is 19.2. The van der Waals surface area contributed by atoms with Gasteiger partial charge in [-0.25, -0.2) is 13.6 Å². The van der Waals surface area contributed by atoms with Crippen molar-refractivity contribution in [2.24, 2.45) is 0 Å². The zero-order chi connectivity index (χ0) is 14.5. The van der Waals surface area contributed by atoms with Crippen molar-refractivity contribution >= 4 is 5.97 Å². The molecule has 0 fully saturated rings. The number of benzene rings is 2. The Morgan fingerprint density at radius 1 is 0.950 bits per heavy atom. The van der Waals surface area contributed by atoms with Gasteiger partial charge in [-0.3, -0.25) is 0 Å². The van der Waals surface area contributed by atoms with Crippen LogP contribution in [0, 0.1) is 11.6 Å². The summed E-state index contributed by atoms with van der Waals surface area (Å²) in [4.78, 5) is 10.7. The quantitative estimate of drug-likeness (QED) is 0.883. The van der Waals surface area contributed by atoms with Crippen LogP contribution in [0.25, 0.3) is 0 Å². The molecule has 0 aliphatic heterocycles. The van der Waals surface area contributed by atoms with E-state index in [0.717, 1.165) is 17.7 Å². The van der Waals surface area contributed by atoms with Gasteiger partial charge in [0.05, 0.1) is 5.56 Å². The van der Waals surface area contributed by atoms with Gasteiger partial charge in [0.15, 0.2) is 11.6 Å². The average molecular weight is 277 g/mol. The first kappa shape index (κ1) is 14.1. The first-order chi connectivity index (χ1) is 9.56. The Morgan fingerprint density at radius 2 is 1.55 bits per heavy atom. The second-order valence-electron chi connectivity index (χ2n) is 4.35. The second kappa shape index (κ2) is 6.25. The molecule has 104 valence electrons. The number of aromatic carboxylic acids is 1. The minimum absolute atomic E-state index is 0.231. The molecule has 0 aromatic heterocycles. The Hall–Kier alpha value is -2.27. The fourth-order valence-electron chi connectivity index (χ4n) is 1.77. The molecule has 5 heteroatoms. The Labute approximate surface area is 114 Å². The minimum Gasteiger partial charge on any atom is -0.478 e. The van der Waals surface area contributed by atoms with Crippen LogP contribution in [-0.4, -0.2) is 11.1 Å². The molecule has 0 bridgehead atoms. The molecule has 0 aliphatic carbocycles. The number of nitrogens with one attached hydrogen (secondary N) is 1. The van der Waals surface area contributed by atoms with Gasteiger partial charge in [-0.05, 0) is 35.4 Å². The summed E-state index contributed by atoms with van der Waals surface area (Å²) in [5.74, 6) is -2.69. The van der Waals surface area contributed by atoms with Crippen LogP contribution >= 0.6 is 0 Å². The third-order valence-electron chi connectivity index (χ3n) is 2.84. The first-order valence-corrected chi connectivity index (χ1v) is 6.03. The molecule has 20 heavy (non-hydrogen) atoms. The molecule has 2 aromatic carbocycles. The maximum absolute atomic E-state index is 13.0. The highest BCUT2D eigenvalue weighted by Gasteiger charge is 2.03. The molecule has 0 saturated heterocycles. The molecule has 0 saturated carbocycles. The largest absolute Gasteiger partial charge is 0.478 e. The smallest absolute Gasteiger partial charge is 0.335 e. The van der Waals surface area contributed by atoms with Crippen molar-refractivity contribution in [2.75, 3.05) is 0 Å². The predicted molar refractivity (Wildman–Crippen MR) is 70.3 cm³/mol. The van der Waals surface area contributed by atoms with E-state index in [1.807, 2.05) is 0 Å². The number of carbonyl (C=O) groups is 1. The van der Waals surface area contributed by atoms with Gasteiger partial charge in [0, 0.05) is 13.1 Å². The molecule has 2 aromatic rings. The topological polar surface area (TPSA) is 49.3 Å². The first-order valence-electron chi connectivity index (χ1n) is 6.03. The maximum atomic E-state index is 13.0. The van der Waals surface area contributed by atoms with E-state index in [9.17, 15) is 13.6 Å². The Balaban J connectivity index is 1.89. The summed E-state index contributed by atoms with van der Waals surface area (Å²) in [7, 11) is 0. The van der Waals surface area contributed by atoms with Crippen molar-refractivity contribution in [3.63, 3.8) is 0 Å². The van der Waals surface area contributed by atoms with Gasteiger partial charge in [-0.1, -0.05) is 18.2 Å². The molecule has 0 atom stereocenters. The fraction of sp³-hybridized carbons (Fsp3) is 0.133. The van der Waals surface area contributed by atoms with Gasteiger partial charge in [0.25, 0.3) is 0 Å². The SMILES string of the molecule is O=C(O)c1ccc(CNCc2ccc(F)c(F)c2)cc1. The lowest BCUT2D eigenvalue weighted by molar-refractivity contribution is 0.0697. The third kappa shape index (κ3) is 3.61. The fourth-order valence-corrected chi connectivity index (χ4v) is 1.77. The van der Waals surface area contributed by atoms with Crippen molar-refractivity contribution < 1.29 is 18.7 Å². The highest BCUT2D eigenvalue weighted by Crippen LogP contribution is 2.09. The standard InChI is InChI=1S/C15H13F2NO2/c16-13-6-3-11(7-14(13)17)9-18-8-10-1-4-12(5-2-10)15(19)20/h1-7,18H,8-9H2,(H,19,20). The lowest BCUT2D eigenvalue weighted by Gasteiger charge is -2.06. The van der Waals surface area contributed by atoms with Crippen LogP contribution < -0.4 is 5.32 Å². The number of carboxylic acids is 1. The Kier molecular flexibility index (Phi) is 4.42. The molecule has 2 rings (SSSR count). The summed E-state index contributed by atoms with van der Waals surface area (Å²) in [5.41, 5.74) is 1.79. The average Bonchev–Trinajstić information content (AvgIpc) is 2.43. The molecule has 2 N–H and O–H groups in total. The van der Waals surface area contributed by atoms with Gasteiger partial charge in [-0.15, -0.1) is 0 Å². The zero-order valence-electron chi connectivity index (χ0n) is 10.6. The van der Waals surface area contributed by atoms with Crippen molar-refractivity contribution in [2.45, 2.75) is 13.1 Å². The molecule has 0 aliphatic rings. The number of carboxylic acid groups (broad SMARTS) is 1. The van der Waals surface area contributed by atoms with E-state index in [-0.39, 0.29) is 5.56 Å². The van der Waals surface area contributed by atoms with E-state index in [0.29, 0.717) is 18.7 Å². The van der Waals surface area contributed by atoms with Gasteiger partial charge >= 0.3 is 5.97 Å². The van der Waals surface area contributed by atoms with Crippen LogP contribution in [0.2, 0.25) is 0 Å². The van der Waals surface area contributed by atoms with Crippen molar-refractivity contribution in [1.82, 2.24) is 5.32 Å². The number of halogens is 2. The van der Waals surface area contributed by atoms with Crippen LogP contribution in [0.1, 0.15) is 21.5 Å². The van der Waals surface area contributed by atoms with Gasteiger partial charge in [0.2, 0.25) is 0 Å². The predicted octanol–water partition coefficient (Wildman–Crippen LogP) is 2.95. The molecule has 3 nitrogen and oxygen atoms in total. The second-order valence-corrected chi connectivity index (χ2v) is 4.35. The van der Waals surface area contributed by atoms with Gasteiger partial charge < -0.3 is 10.4 Å². The van der Waals surface area contributed by atoms with Crippen LogP contribution in [0.3, 0.4) is 0 Å². The van der Waals surface area contributed by atoms with Crippen LogP contribution in [-0.2, 0) is 13.1 Å². The maximum Gasteiger partial charge on any atom is 0.335 e. The molecule has 0 heterocycles. The lowest BCUT2D eigenvalue weighted by atomic mass is 10.1. The normalized spacial score (nSPS) is 10.5. The lowest BCUT2D eigenvalue weighted by Crippen LogP contribution is -2.13. The molecule has 0 unspecified atom stereocenters. The minimum atomic E-state index is -0.966. The number of hydrogen-bond acceptors (Lipinski definition) is 2. The van der Waals surface area contributed by atoms with E-state index in [1.165, 1.54) is 18.2 Å². The van der Waals surface area contributed by atoms with Crippen molar-refractivity contribution in [3.05, 3.63) is 70.8 Å². The summed E-state index contributed by atoms with van der Waals surface area (Å²) in [6, 6.07) is 10.2. The van der Waals surface area contributed by atoms with Crippen molar-refractivity contribution in [3.8, 4) is 0 Å². The van der Waals surface area contributed by atoms with Gasteiger partial charge in [-0.2, -0.15) is 0 Å². The molecular formula is C15H13F2NO2. The Morgan fingerprint density at radius 3 is 2.15 bits per heavy atom. The highest BCUT2D eigenvalue weighted by molar-refractivity contribution is 5.87. The molecular weight excluding hydrogens is 264 g/mol. The monoisotopic (exact) mass is 277 g/mol. The van der Waals surface area contributed by atoms with E-state index in [4.69, 9.17) is 5.11 Å². The number of rotatable bonds is 5. The number of hydrogen-bond donors (Lipinski definition) is 2. The van der Waals surface area contributed by atoms with Crippen LogP contribution in [0.4, 0.5) is 8.78 Å². The third-order valence-corrected chi connectivity index (χ3v) is 2.84. The summed E-state index contributed by atoms with van der Waals surface area (Å²) in [5, 5.41) is 11.8. The van der Waals surface area contributed by atoms with Crippen LogP contribution in [0.15, 0.2) is 42.5 Å². The van der Waals surface area contributed by atoms with E-state index in [2.05, 4.69) is 5.32 Å². The van der Waals surface area contributed by atoms with E-state index < -0.39 is 17.6 Å². The summed E-state index contributed by atoms with van der Waals surface area (Å²) >= 11 is 0. The zero-order valence-corrected chi connectivity index (χ0v) is 10.6. The van der Waals surface area contributed by atoms with E-state index in [1.54, 1.807) is 12.1 Å². The van der Waals surface area contributed by atoms with Crippen LogP contribution in [0.5, 0.6) is 0 Å². The van der Waals surface area contributed by atoms with E-state index >= 15 is 0 Å². The molecule has 0 radical (unpaired) electrons. The molecule has 0 spiro atoms. The Bertz CT molecular complexity index is 612. The molecule has 0 amide bonds. The summed E-state index contributed by atoms with van der Waals surface area (Å²) < 4.78 is 25.7.